The maximum Gasteiger partial charge on any atom is 0.274 e. The first kappa shape index (κ1) is 20.7. The second kappa shape index (κ2) is 8.57. The molecule has 3 N–H and O–H groups in total. The van der Waals surface area contributed by atoms with Gasteiger partial charge in [0.1, 0.15) is 11.5 Å². The standard InChI is InChI=1S/C21H28N6O2/c1-21(2,3)25-19(28)16-6-4-5-15(11-16)14-26-7-9-27(10-8-26)20(29)17-12-24-18(22)13-23-17/h4-6,11-13H,7-10,14H2,1-3H3,(H2,22,24)(H,25,28). The topological polar surface area (TPSA) is 104 Å². The number of hydrogen-bond donors (Lipinski definition) is 2. The van der Waals surface area contributed by atoms with Gasteiger partial charge < -0.3 is 16.0 Å². The van der Waals surface area contributed by atoms with E-state index in [-0.39, 0.29) is 17.4 Å². The van der Waals surface area contributed by atoms with Gasteiger partial charge in [-0.3, -0.25) is 14.5 Å². The molecule has 8 heteroatoms. The minimum Gasteiger partial charge on any atom is -0.382 e. The molecule has 0 bridgehead atoms. The van der Waals surface area contributed by atoms with Gasteiger partial charge in [-0.15, -0.1) is 0 Å². The number of carbonyl (C=O) groups is 2. The molecular weight excluding hydrogens is 368 g/mol. The fourth-order valence-electron chi connectivity index (χ4n) is 3.20. The minimum atomic E-state index is -0.273. The molecule has 2 heterocycles. The van der Waals surface area contributed by atoms with Crippen LogP contribution in [0, 0.1) is 0 Å². The molecule has 1 aromatic heterocycles. The second-order valence-corrected chi connectivity index (χ2v) is 8.30. The summed E-state index contributed by atoms with van der Waals surface area (Å²) in [5.74, 6) is 0.0992. The third kappa shape index (κ3) is 5.74. The van der Waals surface area contributed by atoms with Crippen LogP contribution in [0.5, 0.6) is 0 Å². The van der Waals surface area contributed by atoms with Crippen LogP contribution in [0.25, 0.3) is 0 Å². The molecule has 2 aromatic rings. The van der Waals surface area contributed by atoms with E-state index in [2.05, 4.69) is 20.2 Å². The number of anilines is 1. The molecule has 1 aliphatic rings. The van der Waals surface area contributed by atoms with E-state index in [1.807, 2.05) is 45.0 Å². The lowest BCUT2D eigenvalue weighted by Gasteiger charge is -2.34. The van der Waals surface area contributed by atoms with E-state index in [1.54, 1.807) is 4.90 Å². The average molecular weight is 396 g/mol. The van der Waals surface area contributed by atoms with E-state index >= 15 is 0 Å². The van der Waals surface area contributed by atoms with Crippen molar-refractivity contribution in [2.45, 2.75) is 32.9 Å². The predicted molar refractivity (Wildman–Crippen MR) is 111 cm³/mol. The number of nitrogens with zero attached hydrogens (tertiary/aromatic N) is 4. The van der Waals surface area contributed by atoms with Crippen molar-refractivity contribution in [1.29, 1.82) is 0 Å². The SMILES string of the molecule is CC(C)(C)NC(=O)c1cccc(CN2CCN(C(=O)c3cnc(N)cn3)CC2)c1. The minimum absolute atomic E-state index is 0.0700. The number of piperazine rings is 1. The zero-order valence-corrected chi connectivity index (χ0v) is 17.2. The molecule has 3 rings (SSSR count). The molecule has 0 aliphatic carbocycles. The van der Waals surface area contributed by atoms with E-state index in [1.165, 1.54) is 12.4 Å². The highest BCUT2D eigenvalue weighted by molar-refractivity contribution is 5.94. The Morgan fingerprint density at radius 2 is 1.83 bits per heavy atom. The summed E-state index contributed by atoms with van der Waals surface area (Å²) in [5, 5.41) is 2.99. The van der Waals surface area contributed by atoms with Crippen LogP contribution in [0.1, 0.15) is 47.2 Å². The lowest BCUT2D eigenvalue weighted by molar-refractivity contribution is 0.0622. The largest absolute Gasteiger partial charge is 0.382 e. The number of nitrogens with one attached hydrogen (secondary N) is 1. The Kier molecular flexibility index (Phi) is 6.12. The number of carbonyl (C=O) groups excluding carboxylic acids is 2. The summed E-state index contributed by atoms with van der Waals surface area (Å²) in [6.45, 7) is 9.38. The molecule has 0 unspecified atom stereocenters. The Labute approximate surface area is 171 Å². The lowest BCUT2D eigenvalue weighted by atomic mass is 10.1. The van der Waals surface area contributed by atoms with Crippen molar-refractivity contribution < 1.29 is 9.59 Å². The van der Waals surface area contributed by atoms with Crippen molar-refractivity contribution in [3.05, 3.63) is 53.5 Å². The molecule has 0 spiro atoms. The van der Waals surface area contributed by atoms with Gasteiger partial charge >= 0.3 is 0 Å². The highest BCUT2D eigenvalue weighted by Gasteiger charge is 2.23. The fourth-order valence-corrected chi connectivity index (χ4v) is 3.20. The van der Waals surface area contributed by atoms with Crippen molar-refractivity contribution in [2.75, 3.05) is 31.9 Å². The predicted octanol–water partition coefficient (Wildman–Crippen LogP) is 1.55. The van der Waals surface area contributed by atoms with Crippen LogP contribution >= 0.6 is 0 Å². The van der Waals surface area contributed by atoms with Gasteiger partial charge in [-0.1, -0.05) is 12.1 Å². The zero-order valence-electron chi connectivity index (χ0n) is 17.2. The first-order valence-electron chi connectivity index (χ1n) is 9.72. The van der Waals surface area contributed by atoms with Crippen LogP contribution in [0.4, 0.5) is 5.82 Å². The van der Waals surface area contributed by atoms with Crippen molar-refractivity contribution >= 4 is 17.6 Å². The van der Waals surface area contributed by atoms with Gasteiger partial charge in [0, 0.05) is 43.8 Å². The number of aromatic nitrogens is 2. The third-order valence-corrected chi connectivity index (χ3v) is 4.63. The molecule has 0 radical (unpaired) electrons. The third-order valence-electron chi connectivity index (χ3n) is 4.63. The van der Waals surface area contributed by atoms with Crippen molar-refractivity contribution in [2.24, 2.45) is 0 Å². The smallest absolute Gasteiger partial charge is 0.274 e. The summed E-state index contributed by atoms with van der Waals surface area (Å²) in [5.41, 5.74) is 7.30. The molecule has 8 nitrogen and oxygen atoms in total. The van der Waals surface area contributed by atoms with E-state index in [0.717, 1.165) is 25.2 Å². The fraction of sp³-hybridized carbons (Fsp3) is 0.429. The van der Waals surface area contributed by atoms with Crippen LogP contribution in [-0.2, 0) is 6.54 Å². The van der Waals surface area contributed by atoms with Crippen molar-refractivity contribution in [3.8, 4) is 0 Å². The van der Waals surface area contributed by atoms with Crippen LogP contribution < -0.4 is 11.1 Å². The molecule has 0 atom stereocenters. The van der Waals surface area contributed by atoms with Gasteiger partial charge in [0.25, 0.3) is 11.8 Å². The number of rotatable bonds is 4. The number of hydrogen-bond acceptors (Lipinski definition) is 6. The second-order valence-electron chi connectivity index (χ2n) is 8.30. The van der Waals surface area contributed by atoms with Gasteiger partial charge in [0.2, 0.25) is 0 Å². The highest BCUT2D eigenvalue weighted by atomic mass is 16.2. The molecule has 1 aromatic carbocycles. The normalized spacial score (nSPS) is 15.2. The van der Waals surface area contributed by atoms with Crippen LogP contribution in [0.15, 0.2) is 36.7 Å². The average Bonchev–Trinajstić information content (AvgIpc) is 2.67. The van der Waals surface area contributed by atoms with Crippen LogP contribution in [0.3, 0.4) is 0 Å². The highest BCUT2D eigenvalue weighted by Crippen LogP contribution is 2.13. The Morgan fingerprint density at radius 3 is 2.45 bits per heavy atom. The molecule has 29 heavy (non-hydrogen) atoms. The number of nitrogens with two attached hydrogens (primary N) is 1. The molecule has 1 aliphatic heterocycles. The van der Waals surface area contributed by atoms with Crippen molar-refractivity contribution in [3.63, 3.8) is 0 Å². The molecular formula is C21H28N6O2. The van der Waals surface area contributed by atoms with Crippen molar-refractivity contribution in [1.82, 2.24) is 25.1 Å². The number of nitrogen functional groups attached to an aromatic ring is 1. The molecule has 2 amide bonds. The summed E-state index contributed by atoms with van der Waals surface area (Å²) in [6, 6.07) is 7.69. The lowest BCUT2D eigenvalue weighted by Crippen LogP contribution is -2.48. The summed E-state index contributed by atoms with van der Waals surface area (Å²) >= 11 is 0. The van der Waals surface area contributed by atoms with Gasteiger partial charge in [-0.05, 0) is 38.5 Å². The van der Waals surface area contributed by atoms with Gasteiger partial charge in [-0.2, -0.15) is 0 Å². The first-order chi connectivity index (χ1) is 13.7. The van der Waals surface area contributed by atoms with E-state index < -0.39 is 0 Å². The maximum absolute atomic E-state index is 12.5. The van der Waals surface area contributed by atoms with Crippen LogP contribution in [-0.4, -0.2) is 63.3 Å². The summed E-state index contributed by atoms with van der Waals surface area (Å²) in [6.07, 6.45) is 2.81. The molecule has 0 saturated carbocycles. The van der Waals surface area contributed by atoms with Gasteiger partial charge in [-0.25, -0.2) is 9.97 Å². The van der Waals surface area contributed by atoms with Gasteiger partial charge in [0.15, 0.2) is 0 Å². The van der Waals surface area contributed by atoms with E-state index in [9.17, 15) is 9.59 Å². The molecule has 154 valence electrons. The summed E-state index contributed by atoms with van der Waals surface area (Å²) in [4.78, 5) is 37.0. The number of benzene rings is 1. The maximum atomic E-state index is 12.5. The summed E-state index contributed by atoms with van der Waals surface area (Å²) < 4.78 is 0. The monoisotopic (exact) mass is 396 g/mol. The Balaban J connectivity index is 1.55. The molecule has 1 saturated heterocycles. The van der Waals surface area contributed by atoms with Crippen LogP contribution in [0.2, 0.25) is 0 Å². The molecule has 1 fully saturated rings. The number of amides is 2. The Bertz CT molecular complexity index is 867. The quantitative estimate of drug-likeness (QED) is 0.812. The summed E-state index contributed by atoms with van der Waals surface area (Å²) in [7, 11) is 0. The Hall–Kier alpha value is -3.00. The van der Waals surface area contributed by atoms with Gasteiger partial charge in [0.05, 0.1) is 12.4 Å². The first-order valence-corrected chi connectivity index (χ1v) is 9.72. The van der Waals surface area contributed by atoms with E-state index in [0.29, 0.717) is 30.2 Å². The zero-order chi connectivity index (χ0) is 21.0. The van der Waals surface area contributed by atoms with E-state index in [4.69, 9.17) is 5.73 Å². The Morgan fingerprint density at radius 1 is 1.10 bits per heavy atom.